The maximum Gasteiger partial charge on any atom is 0.147 e. The normalized spacial score (nSPS) is 23.7. The lowest BCUT2D eigenvalue weighted by atomic mass is 9.83. The Kier molecular flexibility index (Phi) is 4.54. The first-order chi connectivity index (χ1) is 10.3. The third kappa shape index (κ3) is 3.26. The average Bonchev–Trinajstić information content (AvgIpc) is 3.03. The van der Waals surface area contributed by atoms with Crippen LogP contribution < -0.4 is 0 Å². The van der Waals surface area contributed by atoms with E-state index >= 15 is 0 Å². The van der Waals surface area contributed by atoms with Crippen LogP contribution in [0.3, 0.4) is 0 Å². The number of carbonyl (C=O) groups is 1. The molecule has 2 aromatic rings. The topological polar surface area (TPSA) is 34.9 Å². The zero-order valence-corrected chi connectivity index (χ0v) is 13.4. The molecule has 1 aromatic heterocycles. The number of aromatic nitrogens is 2. The maximum atomic E-state index is 11.4. The number of benzene rings is 1. The highest BCUT2D eigenvalue weighted by molar-refractivity contribution is 9.09. The highest BCUT2D eigenvalue weighted by Gasteiger charge is 2.21. The van der Waals surface area contributed by atoms with Crippen LogP contribution >= 0.6 is 15.9 Å². The molecule has 1 aliphatic carbocycles. The van der Waals surface area contributed by atoms with Crippen molar-refractivity contribution < 1.29 is 4.79 Å². The second-order valence-corrected chi connectivity index (χ2v) is 7.01. The van der Waals surface area contributed by atoms with Gasteiger partial charge in [-0.25, -0.2) is 4.98 Å². The second kappa shape index (κ2) is 6.56. The largest absolute Gasteiger partial charge is 0.323 e. The van der Waals surface area contributed by atoms with Gasteiger partial charge in [-0.15, -0.1) is 0 Å². The van der Waals surface area contributed by atoms with Gasteiger partial charge in [-0.05, 0) is 36.3 Å². The van der Waals surface area contributed by atoms with Gasteiger partial charge in [-0.3, -0.25) is 0 Å². The third-order valence-corrected chi connectivity index (χ3v) is 5.17. The standard InChI is InChI=1S/C17H19BrN2O/c18-16-3-1-2-15(10-16)13-4-6-14(7-5-13)17(11-21)20-9-8-19-12-20/h4-9,11-12,15-17H,1-3,10H2. The van der Waals surface area contributed by atoms with Gasteiger partial charge in [-0.2, -0.15) is 0 Å². The number of nitrogens with zero attached hydrogens (tertiary/aromatic N) is 2. The summed E-state index contributed by atoms with van der Waals surface area (Å²) in [5.74, 6) is 0.639. The lowest BCUT2D eigenvalue weighted by molar-refractivity contribution is -0.109. The molecule has 3 nitrogen and oxygen atoms in total. The smallest absolute Gasteiger partial charge is 0.147 e. The molecule has 3 rings (SSSR count). The molecule has 1 aromatic carbocycles. The fraction of sp³-hybridized carbons (Fsp3) is 0.412. The molecule has 0 amide bonds. The number of carbonyl (C=O) groups excluding carboxylic acids is 1. The molecular formula is C17H19BrN2O. The van der Waals surface area contributed by atoms with Gasteiger partial charge < -0.3 is 9.36 Å². The number of imidazole rings is 1. The first-order valence-electron chi connectivity index (χ1n) is 7.44. The molecule has 3 unspecified atom stereocenters. The fourth-order valence-corrected chi connectivity index (χ4v) is 3.93. The first-order valence-corrected chi connectivity index (χ1v) is 8.36. The molecule has 0 bridgehead atoms. The summed E-state index contributed by atoms with van der Waals surface area (Å²) < 4.78 is 1.83. The zero-order chi connectivity index (χ0) is 14.7. The van der Waals surface area contributed by atoms with Gasteiger partial charge in [0.05, 0.1) is 6.33 Å². The van der Waals surface area contributed by atoms with Gasteiger partial charge in [0.15, 0.2) is 0 Å². The Balaban J connectivity index is 1.78. The van der Waals surface area contributed by atoms with E-state index in [-0.39, 0.29) is 6.04 Å². The molecular weight excluding hydrogens is 328 g/mol. The second-order valence-electron chi connectivity index (χ2n) is 5.72. The van der Waals surface area contributed by atoms with E-state index in [9.17, 15) is 4.79 Å². The van der Waals surface area contributed by atoms with Gasteiger partial charge in [0, 0.05) is 17.2 Å². The molecule has 1 heterocycles. The average molecular weight is 347 g/mol. The van der Waals surface area contributed by atoms with Crippen LogP contribution in [-0.4, -0.2) is 20.7 Å². The Morgan fingerprint density at radius 3 is 2.71 bits per heavy atom. The number of aldehydes is 1. The highest BCUT2D eigenvalue weighted by Crippen LogP contribution is 2.36. The van der Waals surface area contributed by atoms with Crippen molar-refractivity contribution >= 4 is 22.2 Å². The van der Waals surface area contributed by atoms with E-state index in [1.54, 1.807) is 12.5 Å². The summed E-state index contributed by atoms with van der Waals surface area (Å²) in [6, 6.07) is 8.23. The molecule has 0 spiro atoms. The lowest BCUT2D eigenvalue weighted by Gasteiger charge is -2.26. The molecule has 1 aliphatic rings. The highest BCUT2D eigenvalue weighted by atomic mass is 79.9. The van der Waals surface area contributed by atoms with E-state index in [0.717, 1.165) is 11.8 Å². The minimum Gasteiger partial charge on any atom is -0.323 e. The monoisotopic (exact) mass is 346 g/mol. The van der Waals surface area contributed by atoms with Crippen LogP contribution in [0, 0.1) is 0 Å². The Hall–Kier alpha value is -1.42. The first kappa shape index (κ1) is 14.5. The Bertz CT molecular complexity index is 579. The van der Waals surface area contributed by atoms with Crippen molar-refractivity contribution in [2.45, 2.75) is 42.5 Å². The van der Waals surface area contributed by atoms with E-state index in [4.69, 9.17) is 0 Å². The van der Waals surface area contributed by atoms with Crippen molar-refractivity contribution in [3.63, 3.8) is 0 Å². The Morgan fingerprint density at radius 2 is 2.10 bits per heavy atom. The lowest BCUT2D eigenvalue weighted by Crippen LogP contribution is -2.14. The summed E-state index contributed by atoms with van der Waals surface area (Å²) in [6.45, 7) is 0. The molecule has 1 fully saturated rings. The molecule has 1 saturated carbocycles. The molecule has 0 N–H and O–H groups in total. The van der Waals surface area contributed by atoms with Crippen LogP contribution in [0.2, 0.25) is 0 Å². The van der Waals surface area contributed by atoms with Crippen LogP contribution in [0.1, 0.15) is 48.8 Å². The van der Waals surface area contributed by atoms with Crippen LogP contribution in [-0.2, 0) is 4.79 Å². The van der Waals surface area contributed by atoms with Gasteiger partial charge in [-0.1, -0.05) is 46.6 Å². The quantitative estimate of drug-likeness (QED) is 0.617. The van der Waals surface area contributed by atoms with Crippen LogP contribution in [0.15, 0.2) is 43.0 Å². The maximum absolute atomic E-state index is 11.4. The van der Waals surface area contributed by atoms with E-state index < -0.39 is 0 Å². The molecule has 0 radical (unpaired) electrons. The van der Waals surface area contributed by atoms with Crippen LogP contribution in [0.4, 0.5) is 0 Å². The molecule has 4 heteroatoms. The zero-order valence-electron chi connectivity index (χ0n) is 11.9. The summed E-state index contributed by atoms with van der Waals surface area (Å²) in [6.07, 6.45) is 11.2. The molecule has 0 aliphatic heterocycles. The molecule has 21 heavy (non-hydrogen) atoms. The van der Waals surface area contributed by atoms with Gasteiger partial charge in [0.25, 0.3) is 0 Å². The van der Waals surface area contributed by atoms with E-state index in [0.29, 0.717) is 10.7 Å². The van der Waals surface area contributed by atoms with Crippen molar-refractivity contribution in [2.75, 3.05) is 0 Å². The van der Waals surface area contributed by atoms with Crippen molar-refractivity contribution in [3.8, 4) is 0 Å². The fourth-order valence-electron chi connectivity index (χ4n) is 3.15. The predicted molar refractivity (Wildman–Crippen MR) is 86.8 cm³/mol. The van der Waals surface area contributed by atoms with E-state index in [1.807, 2.05) is 10.8 Å². The summed E-state index contributed by atoms with van der Waals surface area (Å²) in [5.41, 5.74) is 2.40. The van der Waals surface area contributed by atoms with Crippen molar-refractivity contribution in [1.82, 2.24) is 9.55 Å². The van der Waals surface area contributed by atoms with E-state index in [1.165, 1.54) is 31.2 Å². The van der Waals surface area contributed by atoms with Gasteiger partial charge in [0.2, 0.25) is 0 Å². The Labute approximate surface area is 133 Å². The summed E-state index contributed by atoms with van der Waals surface area (Å²) in [7, 11) is 0. The van der Waals surface area contributed by atoms with Crippen molar-refractivity contribution in [2.24, 2.45) is 0 Å². The minimum atomic E-state index is -0.281. The summed E-state index contributed by atoms with van der Waals surface area (Å²) in [5, 5.41) is 0. The number of hydrogen-bond acceptors (Lipinski definition) is 2. The number of halogens is 1. The number of rotatable bonds is 4. The van der Waals surface area contributed by atoms with E-state index in [2.05, 4.69) is 45.2 Å². The van der Waals surface area contributed by atoms with Gasteiger partial charge in [0.1, 0.15) is 12.3 Å². The summed E-state index contributed by atoms with van der Waals surface area (Å²) in [4.78, 5) is 16.0. The summed E-state index contributed by atoms with van der Waals surface area (Å²) >= 11 is 3.74. The SMILES string of the molecule is O=CC(c1ccc(C2CCCC(Br)C2)cc1)n1ccnc1. The number of alkyl halides is 1. The molecule has 110 valence electrons. The third-order valence-electron chi connectivity index (χ3n) is 4.33. The van der Waals surface area contributed by atoms with Gasteiger partial charge >= 0.3 is 0 Å². The van der Waals surface area contributed by atoms with Crippen LogP contribution in [0.25, 0.3) is 0 Å². The number of hydrogen-bond donors (Lipinski definition) is 0. The van der Waals surface area contributed by atoms with Crippen LogP contribution in [0.5, 0.6) is 0 Å². The molecule has 3 atom stereocenters. The Morgan fingerprint density at radius 1 is 1.29 bits per heavy atom. The predicted octanol–water partition coefficient (Wildman–Crippen LogP) is 4.09. The van der Waals surface area contributed by atoms with Crippen molar-refractivity contribution in [1.29, 1.82) is 0 Å². The minimum absolute atomic E-state index is 0.281. The molecule has 0 saturated heterocycles. The van der Waals surface area contributed by atoms with Crippen molar-refractivity contribution in [3.05, 3.63) is 54.1 Å².